The standard InChI is InChI=1S/C15H24O5S/c1-3-13-5-6-14(21-13)15(16)20-12-11-19-10-9-18-8-7-17-4-2/h5-6H,3-4,7-12H2,1-2H3. The Bertz CT molecular complexity index is 391. The Balaban J connectivity index is 1.95. The Morgan fingerprint density at radius 3 is 2.14 bits per heavy atom. The van der Waals surface area contributed by atoms with E-state index in [1.54, 1.807) is 6.07 Å². The highest BCUT2D eigenvalue weighted by Gasteiger charge is 2.09. The van der Waals surface area contributed by atoms with E-state index >= 15 is 0 Å². The molecule has 1 heterocycles. The van der Waals surface area contributed by atoms with Gasteiger partial charge in [-0.15, -0.1) is 11.3 Å². The van der Waals surface area contributed by atoms with Crippen LogP contribution in [0.2, 0.25) is 0 Å². The Morgan fingerprint density at radius 1 is 0.952 bits per heavy atom. The molecule has 6 heteroatoms. The van der Waals surface area contributed by atoms with E-state index in [-0.39, 0.29) is 12.6 Å². The average Bonchev–Trinajstić information content (AvgIpc) is 2.98. The van der Waals surface area contributed by atoms with Crippen molar-refractivity contribution < 1.29 is 23.7 Å². The fraction of sp³-hybridized carbons (Fsp3) is 0.667. The molecule has 1 rings (SSSR count). The highest BCUT2D eigenvalue weighted by molar-refractivity contribution is 7.13. The lowest BCUT2D eigenvalue weighted by atomic mass is 10.4. The van der Waals surface area contributed by atoms with Crippen LogP contribution in [0.15, 0.2) is 12.1 Å². The molecule has 0 aliphatic heterocycles. The van der Waals surface area contributed by atoms with Gasteiger partial charge in [0.05, 0.1) is 33.0 Å². The van der Waals surface area contributed by atoms with Crippen molar-refractivity contribution in [3.05, 3.63) is 21.9 Å². The van der Waals surface area contributed by atoms with Crippen molar-refractivity contribution in [3.63, 3.8) is 0 Å². The number of carbonyl (C=O) groups excluding carboxylic acids is 1. The number of ether oxygens (including phenoxy) is 4. The molecule has 0 bridgehead atoms. The average molecular weight is 316 g/mol. The molecule has 1 aromatic rings. The van der Waals surface area contributed by atoms with Crippen molar-refractivity contribution in [2.75, 3.05) is 46.2 Å². The molecule has 0 fully saturated rings. The van der Waals surface area contributed by atoms with Crippen LogP contribution in [0.4, 0.5) is 0 Å². The van der Waals surface area contributed by atoms with E-state index in [1.165, 1.54) is 16.2 Å². The third kappa shape index (κ3) is 8.16. The highest BCUT2D eigenvalue weighted by Crippen LogP contribution is 2.17. The maximum atomic E-state index is 11.7. The molecule has 0 unspecified atom stereocenters. The van der Waals surface area contributed by atoms with Gasteiger partial charge in [0.25, 0.3) is 0 Å². The van der Waals surface area contributed by atoms with E-state index in [1.807, 2.05) is 13.0 Å². The smallest absolute Gasteiger partial charge is 0.348 e. The summed E-state index contributed by atoms with van der Waals surface area (Å²) in [5.74, 6) is -0.281. The van der Waals surface area contributed by atoms with Crippen molar-refractivity contribution in [3.8, 4) is 0 Å². The minimum Gasteiger partial charge on any atom is -0.459 e. The number of thiophene rings is 1. The normalized spacial score (nSPS) is 10.8. The van der Waals surface area contributed by atoms with E-state index in [0.29, 0.717) is 44.5 Å². The quantitative estimate of drug-likeness (QED) is 0.438. The van der Waals surface area contributed by atoms with Gasteiger partial charge in [0.1, 0.15) is 11.5 Å². The molecule has 0 saturated carbocycles. The molecule has 0 aliphatic carbocycles. The first-order valence-corrected chi connectivity index (χ1v) is 8.08. The zero-order valence-electron chi connectivity index (χ0n) is 12.8. The van der Waals surface area contributed by atoms with Crippen molar-refractivity contribution in [1.82, 2.24) is 0 Å². The third-order valence-corrected chi connectivity index (χ3v) is 3.83. The summed E-state index contributed by atoms with van der Waals surface area (Å²) < 4.78 is 20.9. The van der Waals surface area contributed by atoms with E-state index in [2.05, 4.69) is 6.92 Å². The molecule has 0 amide bonds. The lowest BCUT2D eigenvalue weighted by molar-refractivity contribution is 0.00195. The zero-order chi connectivity index (χ0) is 15.3. The summed E-state index contributed by atoms with van der Waals surface area (Å²) >= 11 is 1.48. The number of hydrogen-bond acceptors (Lipinski definition) is 6. The van der Waals surface area contributed by atoms with Crippen LogP contribution in [0, 0.1) is 0 Å². The van der Waals surface area contributed by atoms with Crippen LogP contribution in [-0.4, -0.2) is 52.2 Å². The number of esters is 1. The Kier molecular flexibility index (Phi) is 10.1. The van der Waals surface area contributed by atoms with Crippen LogP contribution in [0.1, 0.15) is 28.4 Å². The summed E-state index contributed by atoms with van der Waals surface area (Å²) in [6, 6.07) is 3.76. The SMILES string of the molecule is CCOCCOCCOCCOC(=O)c1ccc(CC)s1. The molecule has 21 heavy (non-hydrogen) atoms. The molecule has 0 aliphatic rings. The first-order chi connectivity index (χ1) is 10.3. The van der Waals surface area contributed by atoms with Gasteiger partial charge >= 0.3 is 5.97 Å². The summed E-state index contributed by atoms with van der Waals surface area (Å²) in [5.41, 5.74) is 0. The summed E-state index contributed by atoms with van der Waals surface area (Å²) in [4.78, 5) is 13.5. The maximum absolute atomic E-state index is 11.7. The molecule has 0 radical (unpaired) electrons. The monoisotopic (exact) mass is 316 g/mol. The molecule has 0 spiro atoms. The second kappa shape index (κ2) is 11.7. The van der Waals surface area contributed by atoms with Crippen LogP contribution in [0.3, 0.4) is 0 Å². The second-order valence-corrected chi connectivity index (χ2v) is 5.35. The number of hydrogen-bond donors (Lipinski definition) is 0. The van der Waals surface area contributed by atoms with Gasteiger partial charge in [0, 0.05) is 11.5 Å². The Hall–Kier alpha value is -0.950. The summed E-state index contributed by atoms with van der Waals surface area (Å²) in [7, 11) is 0. The van der Waals surface area contributed by atoms with Gasteiger partial charge < -0.3 is 18.9 Å². The molecule has 0 aromatic carbocycles. The zero-order valence-corrected chi connectivity index (χ0v) is 13.6. The number of carbonyl (C=O) groups is 1. The lowest BCUT2D eigenvalue weighted by Gasteiger charge is -2.06. The summed E-state index contributed by atoms with van der Waals surface area (Å²) in [5, 5.41) is 0. The fourth-order valence-electron chi connectivity index (χ4n) is 1.53. The summed E-state index contributed by atoms with van der Waals surface area (Å²) in [6.07, 6.45) is 0.935. The predicted molar refractivity (Wildman–Crippen MR) is 82.1 cm³/mol. The van der Waals surface area contributed by atoms with Gasteiger partial charge in [0.15, 0.2) is 0 Å². The van der Waals surface area contributed by atoms with Crippen molar-refractivity contribution >= 4 is 17.3 Å². The Morgan fingerprint density at radius 2 is 1.57 bits per heavy atom. The molecule has 0 saturated heterocycles. The van der Waals surface area contributed by atoms with Gasteiger partial charge in [-0.05, 0) is 25.5 Å². The molecule has 0 N–H and O–H groups in total. The summed E-state index contributed by atoms with van der Waals surface area (Å²) in [6.45, 7) is 7.54. The fourth-order valence-corrected chi connectivity index (χ4v) is 2.37. The van der Waals surface area contributed by atoms with Crippen molar-refractivity contribution in [1.29, 1.82) is 0 Å². The highest BCUT2D eigenvalue weighted by atomic mass is 32.1. The van der Waals surface area contributed by atoms with Crippen molar-refractivity contribution in [2.45, 2.75) is 20.3 Å². The minimum atomic E-state index is -0.281. The first-order valence-electron chi connectivity index (χ1n) is 7.27. The lowest BCUT2D eigenvalue weighted by Crippen LogP contribution is -2.13. The van der Waals surface area contributed by atoms with E-state index in [0.717, 1.165) is 6.42 Å². The van der Waals surface area contributed by atoms with Crippen LogP contribution in [0.25, 0.3) is 0 Å². The van der Waals surface area contributed by atoms with Gasteiger partial charge in [-0.3, -0.25) is 0 Å². The van der Waals surface area contributed by atoms with Crippen LogP contribution in [-0.2, 0) is 25.4 Å². The predicted octanol–water partition coefficient (Wildman–Crippen LogP) is 2.54. The Labute approximate surface area is 130 Å². The van der Waals surface area contributed by atoms with Gasteiger partial charge in [-0.25, -0.2) is 4.79 Å². The van der Waals surface area contributed by atoms with E-state index in [9.17, 15) is 4.79 Å². The van der Waals surface area contributed by atoms with Gasteiger partial charge in [-0.2, -0.15) is 0 Å². The van der Waals surface area contributed by atoms with Crippen LogP contribution in [0.5, 0.6) is 0 Å². The van der Waals surface area contributed by atoms with Crippen LogP contribution >= 0.6 is 11.3 Å². The third-order valence-electron chi connectivity index (χ3n) is 2.62. The van der Waals surface area contributed by atoms with Crippen LogP contribution < -0.4 is 0 Å². The second-order valence-electron chi connectivity index (χ2n) is 4.18. The molecule has 0 atom stereocenters. The minimum absolute atomic E-state index is 0.261. The molecule has 5 nitrogen and oxygen atoms in total. The van der Waals surface area contributed by atoms with Gasteiger partial charge in [0.2, 0.25) is 0 Å². The van der Waals surface area contributed by atoms with Crippen molar-refractivity contribution in [2.24, 2.45) is 0 Å². The van der Waals surface area contributed by atoms with E-state index < -0.39 is 0 Å². The molecule has 1 aromatic heterocycles. The maximum Gasteiger partial charge on any atom is 0.348 e. The first kappa shape index (κ1) is 18.1. The topological polar surface area (TPSA) is 54.0 Å². The molecular weight excluding hydrogens is 292 g/mol. The molecule has 120 valence electrons. The van der Waals surface area contributed by atoms with Gasteiger partial charge in [-0.1, -0.05) is 6.92 Å². The number of aryl methyl sites for hydroxylation is 1. The van der Waals surface area contributed by atoms with E-state index in [4.69, 9.17) is 18.9 Å². The molecular formula is C15H24O5S. The largest absolute Gasteiger partial charge is 0.459 e. The number of rotatable bonds is 12.